The van der Waals surface area contributed by atoms with E-state index in [0.29, 0.717) is 0 Å². The Labute approximate surface area is 72.0 Å². The molecule has 7 aliphatic carbocycles. The molecule has 7 aliphatic rings. The highest BCUT2D eigenvalue weighted by Gasteiger charge is 3.07. The Morgan fingerprint density at radius 3 is 1.92 bits per heavy atom. The molecule has 0 aromatic heterocycles. The lowest BCUT2D eigenvalue weighted by atomic mass is 9.66. The Morgan fingerprint density at radius 2 is 1.42 bits per heavy atom. The molecule has 0 aromatic rings. The maximum absolute atomic E-state index is 2.58. The molecule has 6 fully saturated rings. The van der Waals surface area contributed by atoms with Crippen molar-refractivity contribution in [2.45, 2.75) is 12.8 Å². The van der Waals surface area contributed by atoms with Crippen LogP contribution in [-0.4, -0.2) is 0 Å². The molecule has 0 aliphatic heterocycles. The molecule has 0 heteroatoms. The maximum atomic E-state index is 2.58. The molecule has 60 valence electrons. The number of allylic oxidation sites excluding steroid dienone is 2. The molecule has 6 saturated carbocycles. The van der Waals surface area contributed by atoms with E-state index in [1.165, 1.54) is 23.7 Å². The fraction of sp³-hybridized carbons (Fsp3) is 0.833. The summed E-state index contributed by atoms with van der Waals surface area (Å²) in [5, 5.41) is 0. The average Bonchev–Trinajstić information content (AvgIpc) is 2.61. The summed E-state index contributed by atoms with van der Waals surface area (Å²) >= 11 is 0. The van der Waals surface area contributed by atoms with Crippen LogP contribution < -0.4 is 0 Å². The first kappa shape index (κ1) is 4.83. The third-order valence-corrected chi connectivity index (χ3v) is 6.93. The second-order valence-corrected chi connectivity index (χ2v) is 6.20. The molecule has 8 unspecified atom stereocenters. The van der Waals surface area contributed by atoms with Gasteiger partial charge in [-0.05, 0) is 59.2 Å². The topological polar surface area (TPSA) is 0 Å². The predicted octanol–water partition coefficient (Wildman–Crippen LogP) is 2.07. The van der Waals surface area contributed by atoms with Crippen molar-refractivity contribution in [2.24, 2.45) is 46.3 Å². The normalized spacial score (nSPS) is 92.7. The Kier molecular flexibility index (Phi) is 0.360. The van der Waals surface area contributed by atoms with Gasteiger partial charge in [-0.3, -0.25) is 0 Å². The summed E-state index contributed by atoms with van der Waals surface area (Å²) in [4.78, 5) is 0. The largest absolute Gasteiger partial charge is 0.0845 e. The molecule has 4 bridgehead atoms. The lowest BCUT2D eigenvalue weighted by Crippen LogP contribution is -2.34. The Morgan fingerprint density at radius 1 is 0.833 bits per heavy atom. The SMILES string of the molecule is C1=CC2CC1C13C4CC5C(C41)C253. The smallest absolute Gasteiger partial charge is 0.0101 e. The van der Waals surface area contributed by atoms with Crippen molar-refractivity contribution in [1.82, 2.24) is 0 Å². The van der Waals surface area contributed by atoms with E-state index in [-0.39, 0.29) is 0 Å². The van der Waals surface area contributed by atoms with E-state index in [1.54, 1.807) is 12.8 Å². The van der Waals surface area contributed by atoms with Gasteiger partial charge in [0.15, 0.2) is 0 Å². The standard InChI is InChI=1S/C12H12/c1-2-6-3-5(1)11-7-4-8-10(9(7)11)12(6,8)11/h1-2,5-10H,3-4H2. The zero-order chi connectivity index (χ0) is 7.29. The van der Waals surface area contributed by atoms with Crippen molar-refractivity contribution in [3.05, 3.63) is 12.2 Å². The van der Waals surface area contributed by atoms with Crippen molar-refractivity contribution in [2.75, 3.05) is 0 Å². The number of rotatable bonds is 0. The molecule has 7 rings (SSSR count). The van der Waals surface area contributed by atoms with Crippen LogP contribution in [0.25, 0.3) is 0 Å². The second kappa shape index (κ2) is 0.895. The zero-order valence-electron chi connectivity index (χ0n) is 7.03. The summed E-state index contributed by atoms with van der Waals surface area (Å²) < 4.78 is 0. The maximum Gasteiger partial charge on any atom is -0.0101 e. The first-order chi connectivity index (χ1) is 5.93. The Bertz CT molecular complexity index is 330. The van der Waals surface area contributed by atoms with Gasteiger partial charge in [-0.2, -0.15) is 0 Å². The lowest BCUT2D eigenvalue weighted by molar-refractivity contribution is 0.121. The van der Waals surface area contributed by atoms with Gasteiger partial charge >= 0.3 is 0 Å². The summed E-state index contributed by atoms with van der Waals surface area (Å²) in [5.41, 5.74) is 1.95. The van der Waals surface area contributed by atoms with Crippen LogP contribution in [-0.2, 0) is 0 Å². The quantitative estimate of drug-likeness (QED) is 0.471. The third kappa shape index (κ3) is 0.172. The van der Waals surface area contributed by atoms with E-state index in [0.717, 1.165) is 22.7 Å². The van der Waals surface area contributed by atoms with Crippen LogP contribution in [0.15, 0.2) is 12.2 Å². The van der Waals surface area contributed by atoms with E-state index >= 15 is 0 Å². The van der Waals surface area contributed by atoms with E-state index in [2.05, 4.69) is 12.2 Å². The molecule has 0 aromatic carbocycles. The van der Waals surface area contributed by atoms with Crippen LogP contribution in [0.4, 0.5) is 0 Å². The highest BCUT2D eigenvalue weighted by atomic mass is 15.1. The van der Waals surface area contributed by atoms with Gasteiger partial charge in [-0.15, -0.1) is 0 Å². The first-order valence-electron chi connectivity index (χ1n) is 5.62. The second-order valence-electron chi connectivity index (χ2n) is 6.20. The number of hydrogen-bond acceptors (Lipinski definition) is 0. The minimum atomic E-state index is 0.974. The monoisotopic (exact) mass is 156 g/mol. The fourth-order valence-corrected chi connectivity index (χ4v) is 7.29. The Balaban J connectivity index is 1.84. The molecular weight excluding hydrogens is 144 g/mol. The summed E-state index contributed by atoms with van der Waals surface area (Å²) in [6.07, 6.45) is 8.39. The van der Waals surface area contributed by atoms with Gasteiger partial charge in [0.1, 0.15) is 0 Å². The van der Waals surface area contributed by atoms with Gasteiger partial charge in [-0.25, -0.2) is 0 Å². The van der Waals surface area contributed by atoms with Crippen LogP contribution in [0.2, 0.25) is 0 Å². The fourth-order valence-electron chi connectivity index (χ4n) is 7.29. The van der Waals surface area contributed by atoms with E-state index < -0.39 is 0 Å². The summed E-state index contributed by atoms with van der Waals surface area (Å²) in [7, 11) is 0. The first-order valence-corrected chi connectivity index (χ1v) is 5.62. The minimum Gasteiger partial charge on any atom is -0.0845 e. The highest BCUT2D eigenvalue weighted by Crippen LogP contribution is 3.11. The van der Waals surface area contributed by atoms with Crippen LogP contribution in [0.5, 0.6) is 0 Å². The van der Waals surface area contributed by atoms with Gasteiger partial charge in [0.2, 0.25) is 0 Å². The van der Waals surface area contributed by atoms with Crippen molar-refractivity contribution in [3.63, 3.8) is 0 Å². The predicted molar refractivity (Wildman–Crippen MR) is 44.2 cm³/mol. The van der Waals surface area contributed by atoms with E-state index in [1.807, 2.05) is 0 Å². The molecule has 0 amide bonds. The van der Waals surface area contributed by atoms with Crippen molar-refractivity contribution in [1.29, 1.82) is 0 Å². The molecule has 8 atom stereocenters. The van der Waals surface area contributed by atoms with Gasteiger partial charge in [0.05, 0.1) is 0 Å². The number of fused-ring (bicyclic) bond motifs is 2. The van der Waals surface area contributed by atoms with Crippen LogP contribution >= 0.6 is 0 Å². The van der Waals surface area contributed by atoms with Crippen LogP contribution in [0.3, 0.4) is 0 Å². The summed E-state index contributed by atoms with van der Waals surface area (Å²) in [6.45, 7) is 0. The molecule has 0 saturated heterocycles. The van der Waals surface area contributed by atoms with Crippen LogP contribution in [0, 0.1) is 46.3 Å². The molecule has 0 heterocycles. The highest BCUT2D eigenvalue weighted by molar-refractivity contribution is 5.57. The van der Waals surface area contributed by atoms with Crippen LogP contribution in [0.1, 0.15) is 12.8 Å². The van der Waals surface area contributed by atoms with E-state index in [9.17, 15) is 0 Å². The third-order valence-electron chi connectivity index (χ3n) is 6.93. The summed E-state index contributed by atoms with van der Waals surface area (Å²) in [6, 6.07) is 0. The molecule has 0 nitrogen and oxygen atoms in total. The van der Waals surface area contributed by atoms with Gasteiger partial charge < -0.3 is 0 Å². The molecule has 2 spiro atoms. The van der Waals surface area contributed by atoms with Crippen molar-refractivity contribution in [3.8, 4) is 0 Å². The number of hydrogen-bond donors (Lipinski definition) is 0. The summed E-state index contributed by atoms with van der Waals surface area (Å²) in [5.74, 6) is 7.16. The molecule has 12 heavy (non-hydrogen) atoms. The molecular formula is C12H12. The van der Waals surface area contributed by atoms with Gasteiger partial charge in [0, 0.05) is 0 Å². The van der Waals surface area contributed by atoms with Crippen molar-refractivity contribution >= 4 is 0 Å². The van der Waals surface area contributed by atoms with Gasteiger partial charge in [-0.1, -0.05) is 12.2 Å². The van der Waals surface area contributed by atoms with Gasteiger partial charge in [0.25, 0.3) is 0 Å². The lowest BCUT2D eigenvalue weighted by Gasteiger charge is -2.37. The minimum absolute atomic E-state index is 0.974. The Hall–Kier alpha value is -0.260. The molecule has 0 N–H and O–H groups in total. The van der Waals surface area contributed by atoms with Crippen molar-refractivity contribution < 1.29 is 0 Å². The zero-order valence-corrected chi connectivity index (χ0v) is 7.03. The molecule has 0 radical (unpaired) electrons. The average molecular weight is 156 g/mol. The van der Waals surface area contributed by atoms with E-state index in [4.69, 9.17) is 0 Å².